The monoisotopic (exact) mass is 424 g/mol. The molecule has 1 aromatic carbocycles. The van der Waals surface area contributed by atoms with Crippen LogP contribution in [0.4, 0.5) is 0 Å². The van der Waals surface area contributed by atoms with Gasteiger partial charge in [0.05, 0.1) is 24.7 Å². The summed E-state index contributed by atoms with van der Waals surface area (Å²) in [5.41, 5.74) is 1.13. The molecule has 1 fully saturated rings. The molecule has 1 atom stereocenters. The predicted octanol–water partition coefficient (Wildman–Crippen LogP) is 1.18. The normalized spacial score (nSPS) is 18.3. The number of ether oxygens (including phenoxy) is 1. The molecular formula is C20H32N4O4S. The number of carbonyl (C=O) groups excluding carboxylic acids is 1. The van der Waals surface area contributed by atoms with E-state index in [0.717, 1.165) is 23.8 Å². The van der Waals surface area contributed by atoms with Crippen molar-refractivity contribution in [3.63, 3.8) is 0 Å². The summed E-state index contributed by atoms with van der Waals surface area (Å²) in [7, 11) is -1.05. The molecule has 1 saturated heterocycles. The highest BCUT2D eigenvalue weighted by molar-refractivity contribution is 7.91. The summed E-state index contributed by atoms with van der Waals surface area (Å²) in [5.74, 6) is 1.59. The lowest BCUT2D eigenvalue weighted by molar-refractivity contribution is -0.121. The summed E-state index contributed by atoms with van der Waals surface area (Å²) in [6, 6.07) is 7.67. The Hall–Kier alpha value is -2.29. The molecule has 0 bridgehead atoms. The number of nitrogens with one attached hydrogen (secondary N) is 2. The Kier molecular flexibility index (Phi) is 8.75. The third kappa shape index (κ3) is 7.92. The lowest BCUT2D eigenvalue weighted by Gasteiger charge is -2.22. The number of carbonyl (C=O) groups is 1. The molecule has 1 aromatic rings. The lowest BCUT2D eigenvalue weighted by Crippen LogP contribution is -2.39. The first-order valence-corrected chi connectivity index (χ1v) is 11.9. The van der Waals surface area contributed by atoms with Crippen LogP contribution in [0, 0.1) is 0 Å². The molecule has 0 saturated carbocycles. The van der Waals surface area contributed by atoms with Crippen LogP contribution in [0.1, 0.15) is 32.3 Å². The number of nitrogens with zero attached hydrogens (tertiary/aromatic N) is 2. The highest BCUT2D eigenvalue weighted by atomic mass is 32.2. The fourth-order valence-electron chi connectivity index (χ4n) is 3.15. The summed E-state index contributed by atoms with van der Waals surface area (Å²) < 4.78 is 28.4. The van der Waals surface area contributed by atoms with Gasteiger partial charge in [-0.25, -0.2) is 8.42 Å². The van der Waals surface area contributed by atoms with Crippen LogP contribution in [0.5, 0.6) is 5.75 Å². The number of sulfone groups is 1. The van der Waals surface area contributed by atoms with Gasteiger partial charge < -0.3 is 20.3 Å². The van der Waals surface area contributed by atoms with E-state index in [0.29, 0.717) is 26.1 Å². The smallest absolute Gasteiger partial charge is 0.222 e. The van der Waals surface area contributed by atoms with Crippen molar-refractivity contribution in [1.29, 1.82) is 0 Å². The Morgan fingerprint density at radius 3 is 2.59 bits per heavy atom. The first-order chi connectivity index (χ1) is 13.8. The van der Waals surface area contributed by atoms with Gasteiger partial charge in [0, 0.05) is 32.6 Å². The maximum Gasteiger partial charge on any atom is 0.222 e. The second kappa shape index (κ2) is 11.0. The number of hydrogen-bond acceptors (Lipinski definition) is 5. The quantitative estimate of drug-likeness (QED) is 0.456. The number of aliphatic imine (C=N–C) groups is 1. The fourth-order valence-corrected chi connectivity index (χ4v) is 4.82. The largest absolute Gasteiger partial charge is 0.494 e. The maximum absolute atomic E-state index is 12.1. The highest BCUT2D eigenvalue weighted by Gasteiger charge is 2.28. The van der Waals surface area contributed by atoms with Crippen LogP contribution in [0.15, 0.2) is 29.3 Å². The van der Waals surface area contributed by atoms with Crippen molar-refractivity contribution in [2.75, 3.05) is 38.2 Å². The number of benzene rings is 1. The predicted molar refractivity (Wildman–Crippen MR) is 115 cm³/mol. The van der Waals surface area contributed by atoms with Crippen LogP contribution < -0.4 is 15.4 Å². The first kappa shape index (κ1) is 23.0. The molecule has 1 heterocycles. The van der Waals surface area contributed by atoms with Gasteiger partial charge >= 0.3 is 0 Å². The van der Waals surface area contributed by atoms with Crippen molar-refractivity contribution in [3.05, 3.63) is 29.8 Å². The Labute approximate surface area is 173 Å². The van der Waals surface area contributed by atoms with Crippen molar-refractivity contribution in [3.8, 4) is 5.75 Å². The molecule has 162 valence electrons. The molecule has 1 amide bonds. The van der Waals surface area contributed by atoms with Gasteiger partial charge in [-0.15, -0.1) is 0 Å². The van der Waals surface area contributed by atoms with E-state index in [-0.39, 0.29) is 29.9 Å². The lowest BCUT2D eigenvalue weighted by atomic mass is 10.2. The van der Waals surface area contributed by atoms with E-state index in [4.69, 9.17) is 4.74 Å². The fraction of sp³-hybridized carbons (Fsp3) is 0.600. The number of guanidine groups is 1. The van der Waals surface area contributed by atoms with Crippen LogP contribution in [0.2, 0.25) is 0 Å². The maximum atomic E-state index is 12.1. The molecule has 1 unspecified atom stereocenters. The van der Waals surface area contributed by atoms with Crippen LogP contribution in [0.25, 0.3) is 0 Å². The van der Waals surface area contributed by atoms with Crippen LogP contribution >= 0.6 is 0 Å². The van der Waals surface area contributed by atoms with Crippen LogP contribution in [-0.4, -0.2) is 69.5 Å². The standard InChI is InChI=1S/C20H32N4O4S/c1-4-21-20(24(3)14-16-6-8-18(9-7-16)28-5-2)22-12-10-19(25)23-17-11-13-29(26,27)15-17/h6-9,17H,4-5,10-15H2,1-3H3,(H,21,22)(H,23,25). The van der Waals surface area contributed by atoms with E-state index < -0.39 is 9.84 Å². The van der Waals surface area contributed by atoms with Gasteiger partial charge in [0.25, 0.3) is 0 Å². The molecule has 2 N–H and O–H groups in total. The third-order valence-corrected chi connectivity index (χ3v) is 6.32. The molecule has 9 heteroatoms. The van der Waals surface area contributed by atoms with E-state index in [1.165, 1.54) is 0 Å². The molecule has 8 nitrogen and oxygen atoms in total. The molecule has 2 rings (SSSR count). The summed E-state index contributed by atoms with van der Waals surface area (Å²) in [6.45, 7) is 6.31. The van der Waals surface area contributed by atoms with Crippen molar-refractivity contribution in [2.45, 2.75) is 39.3 Å². The zero-order valence-electron chi connectivity index (χ0n) is 17.5. The zero-order chi connectivity index (χ0) is 21.3. The highest BCUT2D eigenvalue weighted by Crippen LogP contribution is 2.13. The summed E-state index contributed by atoms with van der Waals surface area (Å²) in [4.78, 5) is 18.6. The molecule has 1 aliphatic rings. The minimum absolute atomic E-state index is 0.0372. The van der Waals surface area contributed by atoms with Crippen LogP contribution in [0.3, 0.4) is 0 Å². The molecule has 29 heavy (non-hydrogen) atoms. The molecule has 0 aliphatic carbocycles. The minimum Gasteiger partial charge on any atom is -0.494 e. The Morgan fingerprint density at radius 1 is 1.28 bits per heavy atom. The summed E-state index contributed by atoms with van der Waals surface area (Å²) in [5, 5.41) is 6.02. The van der Waals surface area contributed by atoms with E-state index in [1.807, 2.05) is 50.1 Å². The van der Waals surface area contributed by atoms with E-state index >= 15 is 0 Å². The number of rotatable bonds is 9. The average molecular weight is 425 g/mol. The Balaban J connectivity index is 1.85. The third-order valence-electron chi connectivity index (χ3n) is 4.55. The molecule has 1 aliphatic heterocycles. The van der Waals surface area contributed by atoms with Gasteiger partial charge in [0.2, 0.25) is 5.91 Å². The Morgan fingerprint density at radius 2 is 2.00 bits per heavy atom. The molecule has 0 aromatic heterocycles. The van der Waals surface area contributed by atoms with Gasteiger partial charge in [-0.1, -0.05) is 12.1 Å². The second-order valence-corrected chi connectivity index (χ2v) is 9.31. The van der Waals surface area contributed by atoms with Crippen molar-refractivity contribution in [1.82, 2.24) is 15.5 Å². The molecule has 0 spiro atoms. The average Bonchev–Trinajstić information content (AvgIpc) is 3.01. The topological polar surface area (TPSA) is 100 Å². The SMILES string of the molecule is CCNC(=NCCC(=O)NC1CCS(=O)(=O)C1)N(C)Cc1ccc(OCC)cc1. The first-order valence-electron chi connectivity index (χ1n) is 10.0. The summed E-state index contributed by atoms with van der Waals surface area (Å²) >= 11 is 0. The van der Waals surface area contributed by atoms with Gasteiger partial charge in [-0.3, -0.25) is 9.79 Å². The van der Waals surface area contributed by atoms with Crippen molar-refractivity contribution >= 4 is 21.7 Å². The van der Waals surface area contributed by atoms with Crippen molar-refractivity contribution in [2.24, 2.45) is 4.99 Å². The molecule has 0 radical (unpaired) electrons. The van der Waals surface area contributed by atoms with Gasteiger partial charge in [0.15, 0.2) is 15.8 Å². The van der Waals surface area contributed by atoms with Gasteiger partial charge in [-0.2, -0.15) is 0 Å². The zero-order valence-corrected chi connectivity index (χ0v) is 18.3. The van der Waals surface area contributed by atoms with E-state index in [2.05, 4.69) is 15.6 Å². The van der Waals surface area contributed by atoms with E-state index in [1.54, 1.807) is 0 Å². The van der Waals surface area contributed by atoms with Gasteiger partial charge in [0.1, 0.15) is 5.75 Å². The van der Waals surface area contributed by atoms with Gasteiger partial charge in [-0.05, 0) is 38.0 Å². The van der Waals surface area contributed by atoms with Crippen molar-refractivity contribution < 1.29 is 17.9 Å². The number of hydrogen-bond donors (Lipinski definition) is 2. The minimum atomic E-state index is -3.00. The number of amides is 1. The summed E-state index contributed by atoms with van der Waals surface area (Å²) in [6.07, 6.45) is 0.715. The molecular weight excluding hydrogens is 392 g/mol. The second-order valence-electron chi connectivity index (χ2n) is 7.09. The Bertz CT molecular complexity index is 793. The van der Waals surface area contributed by atoms with E-state index in [9.17, 15) is 13.2 Å². The van der Waals surface area contributed by atoms with Crippen LogP contribution in [-0.2, 0) is 21.2 Å².